The van der Waals surface area contributed by atoms with Crippen molar-refractivity contribution in [1.82, 2.24) is 0 Å². The number of phenolic OH excluding ortho intramolecular Hbond substituents is 1. The van der Waals surface area contributed by atoms with Crippen LogP contribution >= 0.6 is 15.9 Å². The molecule has 0 aliphatic heterocycles. The van der Waals surface area contributed by atoms with Crippen molar-refractivity contribution in [1.29, 1.82) is 0 Å². The highest BCUT2D eigenvalue weighted by atomic mass is 79.9. The van der Waals surface area contributed by atoms with Crippen LogP contribution in [0.2, 0.25) is 0 Å². The number of anilines is 1. The number of rotatable bonds is 2. The van der Waals surface area contributed by atoms with E-state index in [1.807, 2.05) is 24.3 Å². The Hall–Kier alpha value is -1.81. The van der Waals surface area contributed by atoms with E-state index >= 15 is 0 Å². The molecule has 0 unspecified atom stereocenters. The van der Waals surface area contributed by atoms with E-state index in [0.717, 1.165) is 10.2 Å². The van der Waals surface area contributed by atoms with Gasteiger partial charge in [-0.25, -0.2) is 0 Å². The van der Waals surface area contributed by atoms with Gasteiger partial charge in [-0.1, -0.05) is 22.0 Å². The summed E-state index contributed by atoms with van der Waals surface area (Å²) in [5, 5.41) is 12.2. The molecule has 2 N–H and O–H groups in total. The lowest BCUT2D eigenvalue weighted by molar-refractivity contribution is 0.102. The van der Waals surface area contributed by atoms with Crippen molar-refractivity contribution in [3.8, 4) is 5.75 Å². The minimum atomic E-state index is -0.198. The summed E-state index contributed by atoms with van der Waals surface area (Å²) in [4.78, 5) is 12.0. The van der Waals surface area contributed by atoms with Crippen LogP contribution in [-0.4, -0.2) is 11.0 Å². The third-order valence-electron chi connectivity index (χ3n) is 2.54. The highest BCUT2D eigenvalue weighted by molar-refractivity contribution is 9.10. The minimum absolute atomic E-state index is 0.189. The predicted molar refractivity (Wildman–Crippen MR) is 74.9 cm³/mol. The van der Waals surface area contributed by atoms with E-state index < -0.39 is 0 Å². The Morgan fingerprint density at radius 2 is 2.00 bits per heavy atom. The lowest BCUT2D eigenvalue weighted by Crippen LogP contribution is -2.11. The molecule has 0 fully saturated rings. The van der Waals surface area contributed by atoms with E-state index in [2.05, 4.69) is 21.2 Å². The lowest BCUT2D eigenvalue weighted by atomic mass is 10.1. The largest absolute Gasteiger partial charge is 0.508 e. The summed E-state index contributed by atoms with van der Waals surface area (Å²) in [6, 6.07) is 12.1. The quantitative estimate of drug-likeness (QED) is 0.888. The van der Waals surface area contributed by atoms with Crippen LogP contribution in [0.4, 0.5) is 5.69 Å². The first-order valence-electron chi connectivity index (χ1n) is 5.43. The molecule has 0 aliphatic rings. The molecule has 1 amide bonds. The standard InChI is InChI=1S/C14H12BrNO2/c1-9-7-10(5-6-13(9)17)14(18)16-12-4-2-3-11(15)8-12/h2-8,17H,1H3,(H,16,18). The predicted octanol–water partition coefficient (Wildman–Crippen LogP) is 3.72. The van der Waals surface area contributed by atoms with Crippen molar-refractivity contribution in [2.24, 2.45) is 0 Å². The lowest BCUT2D eigenvalue weighted by Gasteiger charge is -2.07. The molecule has 18 heavy (non-hydrogen) atoms. The summed E-state index contributed by atoms with van der Waals surface area (Å²) in [7, 11) is 0. The van der Waals surface area contributed by atoms with Crippen molar-refractivity contribution >= 4 is 27.5 Å². The molecule has 3 nitrogen and oxygen atoms in total. The first kappa shape index (κ1) is 12.6. The number of aromatic hydroxyl groups is 1. The summed E-state index contributed by atoms with van der Waals surface area (Å²) in [5.41, 5.74) is 1.92. The second-order valence-corrected chi connectivity index (χ2v) is 4.88. The summed E-state index contributed by atoms with van der Waals surface area (Å²) < 4.78 is 0.905. The minimum Gasteiger partial charge on any atom is -0.508 e. The van der Waals surface area contributed by atoms with Crippen LogP contribution in [0.5, 0.6) is 5.75 Å². The Morgan fingerprint density at radius 1 is 1.22 bits per heavy atom. The topological polar surface area (TPSA) is 49.3 Å². The molecule has 0 saturated carbocycles. The number of halogens is 1. The van der Waals surface area contributed by atoms with Gasteiger partial charge in [0.05, 0.1) is 0 Å². The van der Waals surface area contributed by atoms with Gasteiger partial charge in [0.15, 0.2) is 0 Å². The van der Waals surface area contributed by atoms with Gasteiger partial charge < -0.3 is 10.4 Å². The average molecular weight is 306 g/mol. The van der Waals surface area contributed by atoms with Gasteiger partial charge in [-0.2, -0.15) is 0 Å². The van der Waals surface area contributed by atoms with Crippen LogP contribution in [0, 0.1) is 6.92 Å². The van der Waals surface area contributed by atoms with Crippen LogP contribution < -0.4 is 5.32 Å². The Labute approximate surface area is 114 Å². The molecule has 2 aromatic rings. The van der Waals surface area contributed by atoms with Gasteiger partial charge in [-0.05, 0) is 48.9 Å². The number of nitrogens with one attached hydrogen (secondary N) is 1. The molecule has 2 aromatic carbocycles. The second-order valence-electron chi connectivity index (χ2n) is 3.97. The van der Waals surface area contributed by atoms with Crippen LogP contribution in [0.1, 0.15) is 15.9 Å². The number of aryl methyl sites for hydroxylation is 1. The second kappa shape index (κ2) is 5.23. The number of phenols is 1. The summed E-state index contributed by atoms with van der Waals surface area (Å²) in [6.45, 7) is 1.76. The van der Waals surface area contributed by atoms with E-state index in [9.17, 15) is 9.90 Å². The number of carbonyl (C=O) groups is 1. The van der Waals surface area contributed by atoms with E-state index in [0.29, 0.717) is 11.1 Å². The highest BCUT2D eigenvalue weighted by Gasteiger charge is 2.07. The van der Waals surface area contributed by atoms with Gasteiger partial charge in [0.2, 0.25) is 0 Å². The molecule has 92 valence electrons. The average Bonchev–Trinajstić information content (AvgIpc) is 2.32. The summed E-state index contributed by atoms with van der Waals surface area (Å²) >= 11 is 3.35. The fourth-order valence-electron chi connectivity index (χ4n) is 1.57. The van der Waals surface area contributed by atoms with E-state index in [4.69, 9.17) is 0 Å². The fourth-order valence-corrected chi connectivity index (χ4v) is 1.97. The smallest absolute Gasteiger partial charge is 0.255 e. The molecular formula is C14H12BrNO2. The van der Waals surface area contributed by atoms with Crippen molar-refractivity contribution in [2.45, 2.75) is 6.92 Å². The van der Waals surface area contributed by atoms with Gasteiger partial charge >= 0.3 is 0 Å². The van der Waals surface area contributed by atoms with Crippen molar-refractivity contribution in [2.75, 3.05) is 5.32 Å². The van der Waals surface area contributed by atoms with Gasteiger partial charge in [0.1, 0.15) is 5.75 Å². The van der Waals surface area contributed by atoms with Crippen LogP contribution in [0.15, 0.2) is 46.9 Å². The van der Waals surface area contributed by atoms with Crippen LogP contribution in [-0.2, 0) is 0 Å². The molecule has 0 bridgehead atoms. The molecule has 0 radical (unpaired) electrons. The van der Waals surface area contributed by atoms with Gasteiger partial charge in [0, 0.05) is 15.7 Å². The molecule has 0 heterocycles. The number of carbonyl (C=O) groups excluding carboxylic acids is 1. The Morgan fingerprint density at radius 3 is 2.67 bits per heavy atom. The number of hydrogen-bond donors (Lipinski definition) is 2. The fraction of sp³-hybridized carbons (Fsp3) is 0.0714. The Balaban J connectivity index is 2.19. The molecule has 0 atom stereocenters. The maximum atomic E-state index is 12.0. The third-order valence-corrected chi connectivity index (χ3v) is 3.03. The molecule has 0 saturated heterocycles. The Kier molecular flexibility index (Phi) is 3.67. The SMILES string of the molecule is Cc1cc(C(=O)Nc2cccc(Br)c2)ccc1O. The van der Waals surface area contributed by atoms with Gasteiger partial charge in [-0.15, -0.1) is 0 Å². The van der Waals surface area contributed by atoms with E-state index in [1.165, 1.54) is 6.07 Å². The normalized spacial score (nSPS) is 10.1. The maximum absolute atomic E-state index is 12.0. The maximum Gasteiger partial charge on any atom is 0.255 e. The van der Waals surface area contributed by atoms with Crippen LogP contribution in [0.3, 0.4) is 0 Å². The molecule has 0 aliphatic carbocycles. The van der Waals surface area contributed by atoms with E-state index in [-0.39, 0.29) is 11.7 Å². The molecule has 0 aromatic heterocycles. The Bertz CT molecular complexity index is 596. The van der Waals surface area contributed by atoms with Crippen molar-refractivity contribution in [3.05, 3.63) is 58.1 Å². The van der Waals surface area contributed by atoms with Crippen molar-refractivity contribution < 1.29 is 9.90 Å². The zero-order valence-corrected chi connectivity index (χ0v) is 11.4. The molecule has 2 rings (SSSR count). The van der Waals surface area contributed by atoms with E-state index in [1.54, 1.807) is 19.1 Å². The first-order chi connectivity index (χ1) is 8.56. The molecule has 0 spiro atoms. The van der Waals surface area contributed by atoms with Crippen molar-refractivity contribution in [3.63, 3.8) is 0 Å². The zero-order chi connectivity index (χ0) is 13.1. The van der Waals surface area contributed by atoms with Gasteiger partial charge in [-0.3, -0.25) is 4.79 Å². The van der Waals surface area contributed by atoms with Crippen LogP contribution in [0.25, 0.3) is 0 Å². The molecular weight excluding hydrogens is 294 g/mol. The monoisotopic (exact) mass is 305 g/mol. The highest BCUT2D eigenvalue weighted by Crippen LogP contribution is 2.19. The first-order valence-corrected chi connectivity index (χ1v) is 6.22. The summed E-state index contributed by atoms with van der Waals surface area (Å²) in [5.74, 6) is -0.00907. The number of benzene rings is 2. The number of hydrogen-bond acceptors (Lipinski definition) is 2. The van der Waals surface area contributed by atoms with Gasteiger partial charge in [0.25, 0.3) is 5.91 Å². The third kappa shape index (κ3) is 2.90. The zero-order valence-electron chi connectivity index (χ0n) is 9.77. The number of amides is 1. The molecule has 4 heteroatoms. The summed E-state index contributed by atoms with van der Waals surface area (Å²) in [6.07, 6.45) is 0.